The third kappa shape index (κ3) is 2.98. The molecule has 0 amide bonds. The molecular weight excluding hydrogens is 292 g/mol. The minimum Gasteiger partial charge on any atom is -0.393 e. The van der Waals surface area contributed by atoms with Gasteiger partial charge < -0.3 is 4.74 Å². The van der Waals surface area contributed by atoms with Crippen LogP contribution in [0.5, 0.6) is 0 Å². The van der Waals surface area contributed by atoms with Crippen molar-refractivity contribution in [1.82, 2.24) is 0 Å². The molecule has 1 fully saturated rings. The predicted octanol–water partition coefficient (Wildman–Crippen LogP) is 3.03. The van der Waals surface area contributed by atoms with E-state index in [1.54, 1.807) is 0 Å². The average molecular weight is 312 g/mol. The first-order chi connectivity index (χ1) is 11.1. The second-order valence-electron chi connectivity index (χ2n) is 6.21. The molecule has 1 aromatic rings. The van der Waals surface area contributed by atoms with Crippen molar-refractivity contribution in [2.45, 2.75) is 32.1 Å². The summed E-state index contributed by atoms with van der Waals surface area (Å²) >= 11 is 0. The molecule has 0 saturated carbocycles. The molecule has 0 N–H and O–H groups in total. The van der Waals surface area contributed by atoms with Crippen LogP contribution in [0.15, 0.2) is 42.5 Å². The van der Waals surface area contributed by atoms with E-state index in [2.05, 4.69) is 0 Å². The molecule has 1 aliphatic carbocycles. The molecule has 1 saturated heterocycles. The summed E-state index contributed by atoms with van der Waals surface area (Å²) in [6.07, 6.45) is 5.51. The van der Waals surface area contributed by atoms with Gasteiger partial charge >= 0.3 is 11.9 Å². The number of ketones is 1. The van der Waals surface area contributed by atoms with E-state index in [9.17, 15) is 14.4 Å². The van der Waals surface area contributed by atoms with Crippen LogP contribution in [0.25, 0.3) is 0 Å². The lowest BCUT2D eigenvalue weighted by Gasteiger charge is -2.31. The maximum atomic E-state index is 12.2. The smallest absolute Gasteiger partial charge is 0.318 e. The van der Waals surface area contributed by atoms with Crippen LogP contribution in [-0.2, 0) is 19.1 Å². The van der Waals surface area contributed by atoms with Gasteiger partial charge in [-0.2, -0.15) is 0 Å². The Hall–Kier alpha value is -2.23. The van der Waals surface area contributed by atoms with Crippen LogP contribution in [0, 0.1) is 17.8 Å². The van der Waals surface area contributed by atoms with Crippen molar-refractivity contribution in [2.24, 2.45) is 17.8 Å². The predicted molar refractivity (Wildman–Crippen MR) is 84.4 cm³/mol. The van der Waals surface area contributed by atoms with Crippen molar-refractivity contribution >= 4 is 17.7 Å². The molecule has 3 rings (SSSR count). The molecule has 23 heavy (non-hydrogen) atoms. The number of Topliss-reactive ketones (excluding diaryl/α,β-unsaturated/α-hetero) is 1. The molecule has 4 atom stereocenters. The molecule has 2 aliphatic rings. The molecule has 0 aromatic heterocycles. The highest BCUT2D eigenvalue weighted by molar-refractivity contribution is 5.98. The van der Waals surface area contributed by atoms with E-state index < -0.39 is 23.8 Å². The maximum absolute atomic E-state index is 12.2. The lowest BCUT2D eigenvalue weighted by molar-refractivity contribution is -0.154. The minimum atomic E-state index is -0.475. The van der Waals surface area contributed by atoms with Crippen molar-refractivity contribution < 1.29 is 19.1 Å². The van der Waals surface area contributed by atoms with Crippen molar-refractivity contribution in [3.05, 3.63) is 48.0 Å². The highest BCUT2D eigenvalue weighted by atomic mass is 16.6. The quantitative estimate of drug-likeness (QED) is 0.476. The van der Waals surface area contributed by atoms with E-state index in [1.807, 2.05) is 49.4 Å². The van der Waals surface area contributed by atoms with Gasteiger partial charge in [0.15, 0.2) is 0 Å². The Morgan fingerprint density at radius 3 is 2.43 bits per heavy atom. The van der Waals surface area contributed by atoms with Gasteiger partial charge in [0.1, 0.15) is 5.78 Å². The highest BCUT2D eigenvalue weighted by Gasteiger charge is 2.52. The normalized spacial score (nSPS) is 29.3. The number of esters is 2. The lowest BCUT2D eigenvalue weighted by Crippen LogP contribution is -2.33. The fourth-order valence-corrected chi connectivity index (χ4v) is 3.62. The third-order valence-electron chi connectivity index (χ3n) is 4.88. The lowest BCUT2D eigenvalue weighted by atomic mass is 9.68. The van der Waals surface area contributed by atoms with E-state index in [-0.39, 0.29) is 17.6 Å². The van der Waals surface area contributed by atoms with Crippen LogP contribution in [0.2, 0.25) is 0 Å². The summed E-state index contributed by atoms with van der Waals surface area (Å²) in [6, 6.07) is 9.69. The number of hydrogen-bond donors (Lipinski definition) is 0. The number of fused-ring (bicyclic) bond motifs is 1. The zero-order valence-electron chi connectivity index (χ0n) is 13.1. The first-order valence-electron chi connectivity index (χ1n) is 8.12. The number of carbonyl (C=O) groups excluding carboxylic acids is 3. The van der Waals surface area contributed by atoms with Crippen molar-refractivity contribution in [3.63, 3.8) is 0 Å². The van der Waals surface area contributed by atoms with Crippen molar-refractivity contribution in [1.29, 1.82) is 0 Å². The van der Waals surface area contributed by atoms with E-state index in [1.165, 1.54) is 0 Å². The molecule has 0 bridgehead atoms. The number of cyclic esters (lactones) is 2. The van der Waals surface area contributed by atoms with Gasteiger partial charge in [-0.05, 0) is 17.9 Å². The Balaban J connectivity index is 1.88. The molecule has 0 radical (unpaired) electrons. The first-order valence-corrected chi connectivity index (χ1v) is 8.12. The molecule has 1 aromatic carbocycles. The van der Waals surface area contributed by atoms with E-state index in [0.29, 0.717) is 19.3 Å². The molecular formula is C19H20O4. The average Bonchev–Trinajstić information content (AvgIpc) is 2.88. The zero-order valence-corrected chi connectivity index (χ0v) is 13.1. The summed E-state index contributed by atoms with van der Waals surface area (Å²) in [5.74, 6) is -1.89. The number of benzene rings is 1. The minimum absolute atomic E-state index is 0.102. The number of carbonyl (C=O) groups is 3. The van der Waals surface area contributed by atoms with Gasteiger partial charge in [-0.3, -0.25) is 14.4 Å². The second-order valence-corrected chi connectivity index (χ2v) is 6.21. The van der Waals surface area contributed by atoms with E-state index >= 15 is 0 Å². The van der Waals surface area contributed by atoms with Gasteiger partial charge in [0, 0.05) is 18.8 Å². The van der Waals surface area contributed by atoms with Crippen LogP contribution in [0.4, 0.5) is 0 Å². The van der Waals surface area contributed by atoms with Gasteiger partial charge in [0.25, 0.3) is 0 Å². The fraction of sp³-hybridized carbons (Fsp3) is 0.421. The van der Waals surface area contributed by atoms with Gasteiger partial charge in [0.05, 0.1) is 11.8 Å². The van der Waals surface area contributed by atoms with Gasteiger partial charge in [0.2, 0.25) is 0 Å². The molecule has 120 valence electrons. The largest absolute Gasteiger partial charge is 0.393 e. The number of hydrogen-bond acceptors (Lipinski definition) is 4. The Morgan fingerprint density at radius 2 is 1.74 bits per heavy atom. The molecule has 1 heterocycles. The van der Waals surface area contributed by atoms with Crippen molar-refractivity contribution in [3.8, 4) is 0 Å². The summed E-state index contributed by atoms with van der Waals surface area (Å²) in [4.78, 5) is 35.9. The van der Waals surface area contributed by atoms with Crippen LogP contribution < -0.4 is 0 Å². The number of ether oxygens (including phenoxy) is 1. The molecule has 0 unspecified atom stereocenters. The zero-order chi connectivity index (χ0) is 16.4. The summed E-state index contributed by atoms with van der Waals surface area (Å²) in [6.45, 7) is 1.83. The Kier molecular flexibility index (Phi) is 4.42. The Morgan fingerprint density at radius 1 is 1.04 bits per heavy atom. The molecule has 1 aliphatic heterocycles. The summed E-state index contributed by atoms with van der Waals surface area (Å²) in [5, 5.41) is 0. The SMILES string of the molecule is CCC(=O)CC[C@@H]1C=C[C@H](c2ccccc2)[C@@H]2C(=O)OC(=O)[C@@H]21. The monoisotopic (exact) mass is 312 g/mol. The maximum Gasteiger partial charge on any atom is 0.318 e. The van der Waals surface area contributed by atoms with E-state index in [0.717, 1.165) is 5.56 Å². The van der Waals surface area contributed by atoms with Crippen LogP contribution >= 0.6 is 0 Å². The molecule has 0 spiro atoms. The van der Waals surface area contributed by atoms with Crippen LogP contribution in [-0.4, -0.2) is 17.7 Å². The van der Waals surface area contributed by atoms with Gasteiger partial charge in [-0.25, -0.2) is 0 Å². The molecule has 4 nitrogen and oxygen atoms in total. The van der Waals surface area contributed by atoms with Crippen LogP contribution in [0.3, 0.4) is 0 Å². The number of allylic oxidation sites excluding steroid dienone is 2. The van der Waals surface area contributed by atoms with Crippen LogP contribution in [0.1, 0.15) is 37.7 Å². The summed E-state index contributed by atoms with van der Waals surface area (Å²) < 4.78 is 4.92. The van der Waals surface area contributed by atoms with Crippen molar-refractivity contribution in [2.75, 3.05) is 0 Å². The fourth-order valence-electron chi connectivity index (χ4n) is 3.62. The van der Waals surface area contributed by atoms with Gasteiger partial charge in [-0.15, -0.1) is 0 Å². The Labute approximate surface area is 135 Å². The standard InChI is InChI=1S/C19H20O4/c1-2-14(20)10-8-13-9-11-15(12-6-4-3-5-7-12)17-16(13)18(21)23-19(17)22/h3-7,9,11,13,15-17H,2,8,10H2,1H3/t13-,15-,16-,17+/m1/s1. The van der Waals surface area contributed by atoms with Gasteiger partial charge in [-0.1, -0.05) is 49.4 Å². The third-order valence-corrected chi connectivity index (χ3v) is 4.88. The first kappa shape index (κ1) is 15.7. The summed E-state index contributed by atoms with van der Waals surface area (Å²) in [5.41, 5.74) is 1.01. The molecule has 4 heteroatoms. The number of rotatable bonds is 5. The topological polar surface area (TPSA) is 60.4 Å². The van der Waals surface area contributed by atoms with E-state index in [4.69, 9.17) is 4.74 Å². The second kappa shape index (κ2) is 6.49. The summed E-state index contributed by atoms with van der Waals surface area (Å²) in [7, 11) is 0. The Bertz CT molecular complexity index is 647. The highest BCUT2D eigenvalue weighted by Crippen LogP contribution is 2.46.